The molecule has 0 aromatic heterocycles. The molecule has 0 rings (SSSR count). The summed E-state index contributed by atoms with van der Waals surface area (Å²) in [6, 6.07) is 2.17. The summed E-state index contributed by atoms with van der Waals surface area (Å²) in [6.07, 6.45) is 2.63. The number of hydrogen-bond acceptors (Lipinski definition) is 2. The lowest BCUT2D eigenvalue weighted by atomic mass is 9.90. The predicted octanol–water partition coefficient (Wildman–Crippen LogP) is 3.29. The Morgan fingerprint density at radius 1 is 1.53 bits per heavy atom. The standard InChI is InChI=1S/C13H20N2/c1-6-11(9(3)4)12(7-2)13(8-14)10(5)15/h6,9H,1,7,15H2,2-5H3/b12-11-,13-10+. The van der Waals surface area contributed by atoms with Crippen molar-refractivity contribution in [3.63, 3.8) is 0 Å². The predicted molar refractivity (Wildman–Crippen MR) is 64.9 cm³/mol. The van der Waals surface area contributed by atoms with E-state index in [0.717, 1.165) is 17.6 Å². The molecule has 2 N–H and O–H groups in total. The Morgan fingerprint density at radius 2 is 2.07 bits per heavy atom. The van der Waals surface area contributed by atoms with Gasteiger partial charge in [-0.15, -0.1) is 0 Å². The minimum atomic E-state index is 0.361. The SMILES string of the molecule is C=C/C(=C(CC)/C(C#N)=C(\C)N)C(C)C. The molecule has 2 heteroatoms. The van der Waals surface area contributed by atoms with E-state index in [4.69, 9.17) is 11.0 Å². The summed E-state index contributed by atoms with van der Waals surface area (Å²) in [4.78, 5) is 0. The minimum absolute atomic E-state index is 0.361. The highest BCUT2D eigenvalue weighted by atomic mass is 14.6. The second kappa shape index (κ2) is 6.08. The summed E-state index contributed by atoms with van der Waals surface area (Å²) in [5, 5.41) is 9.07. The molecule has 0 radical (unpaired) electrons. The van der Waals surface area contributed by atoms with E-state index < -0.39 is 0 Å². The van der Waals surface area contributed by atoms with E-state index in [2.05, 4.69) is 26.5 Å². The van der Waals surface area contributed by atoms with Crippen molar-refractivity contribution in [1.29, 1.82) is 5.26 Å². The molecule has 0 atom stereocenters. The maximum atomic E-state index is 9.07. The molecule has 15 heavy (non-hydrogen) atoms. The molecule has 2 nitrogen and oxygen atoms in total. The topological polar surface area (TPSA) is 49.8 Å². The van der Waals surface area contributed by atoms with Crippen LogP contribution in [0.15, 0.2) is 35.1 Å². The van der Waals surface area contributed by atoms with Crippen molar-refractivity contribution in [1.82, 2.24) is 0 Å². The molecule has 0 aliphatic rings. The van der Waals surface area contributed by atoms with Crippen LogP contribution in [0.1, 0.15) is 34.1 Å². The van der Waals surface area contributed by atoms with Crippen LogP contribution in [0, 0.1) is 17.2 Å². The van der Waals surface area contributed by atoms with Crippen molar-refractivity contribution in [3.8, 4) is 6.07 Å². The summed E-state index contributed by atoms with van der Waals surface area (Å²) < 4.78 is 0. The first-order valence-corrected chi connectivity index (χ1v) is 5.21. The van der Waals surface area contributed by atoms with Crippen molar-refractivity contribution < 1.29 is 0 Å². The van der Waals surface area contributed by atoms with Gasteiger partial charge in [0.05, 0.1) is 5.57 Å². The highest BCUT2D eigenvalue weighted by Crippen LogP contribution is 2.25. The largest absolute Gasteiger partial charge is 0.401 e. The Morgan fingerprint density at radius 3 is 2.27 bits per heavy atom. The van der Waals surface area contributed by atoms with Crippen molar-refractivity contribution >= 4 is 0 Å². The van der Waals surface area contributed by atoms with Gasteiger partial charge in [-0.3, -0.25) is 0 Å². The molecule has 0 fully saturated rings. The molecule has 0 saturated heterocycles. The summed E-state index contributed by atoms with van der Waals surface area (Å²) >= 11 is 0. The average Bonchev–Trinajstić information content (AvgIpc) is 2.16. The molecule has 0 aliphatic heterocycles. The van der Waals surface area contributed by atoms with E-state index in [1.54, 1.807) is 6.92 Å². The van der Waals surface area contributed by atoms with E-state index in [0.29, 0.717) is 17.2 Å². The number of allylic oxidation sites excluding steroid dienone is 5. The van der Waals surface area contributed by atoms with Gasteiger partial charge in [-0.05, 0) is 30.4 Å². The second-order valence-corrected chi connectivity index (χ2v) is 3.82. The molecule has 0 heterocycles. The van der Waals surface area contributed by atoms with E-state index in [1.165, 1.54) is 0 Å². The zero-order chi connectivity index (χ0) is 12.0. The zero-order valence-electron chi connectivity index (χ0n) is 10.1. The Labute approximate surface area is 92.8 Å². The third-order valence-corrected chi connectivity index (χ3v) is 2.35. The Balaban J connectivity index is 5.69. The Hall–Kier alpha value is -1.49. The molecule has 0 amide bonds. The van der Waals surface area contributed by atoms with Crippen molar-refractivity contribution in [2.45, 2.75) is 34.1 Å². The maximum Gasteiger partial charge on any atom is 0.101 e. The molecule has 0 spiro atoms. The second-order valence-electron chi connectivity index (χ2n) is 3.82. The van der Waals surface area contributed by atoms with Gasteiger partial charge in [0.1, 0.15) is 6.07 Å². The van der Waals surface area contributed by atoms with Gasteiger partial charge >= 0.3 is 0 Å². The van der Waals surface area contributed by atoms with Crippen LogP contribution in [-0.4, -0.2) is 0 Å². The summed E-state index contributed by atoms with van der Waals surface area (Å²) in [6.45, 7) is 11.8. The fraction of sp³-hybridized carbons (Fsp3) is 0.462. The van der Waals surface area contributed by atoms with Crippen LogP contribution in [0.3, 0.4) is 0 Å². The molecular formula is C13H20N2. The molecule has 0 aromatic carbocycles. The average molecular weight is 204 g/mol. The molecule has 0 saturated carbocycles. The van der Waals surface area contributed by atoms with Gasteiger partial charge in [-0.1, -0.05) is 33.4 Å². The molecule has 0 aliphatic carbocycles. The van der Waals surface area contributed by atoms with E-state index in [9.17, 15) is 0 Å². The van der Waals surface area contributed by atoms with Crippen molar-refractivity contribution in [3.05, 3.63) is 35.1 Å². The van der Waals surface area contributed by atoms with Gasteiger partial charge in [0.15, 0.2) is 0 Å². The molecule has 0 unspecified atom stereocenters. The lowest BCUT2D eigenvalue weighted by Gasteiger charge is -2.14. The van der Waals surface area contributed by atoms with Crippen LogP contribution in [0.25, 0.3) is 0 Å². The first-order chi connectivity index (χ1) is 6.99. The van der Waals surface area contributed by atoms with Crippen molar-refractivity contribution in [2.75, 3.05) is 0 Å². The van der Waals surface area contributed by atoms with Crippen LogP contribution >= 0.6 is 0 Å². The van der Waals surface area contributed by atoms with Gasteiger partial charge in [-0.2, -0.15) is 5.26 Å². The number of nitrogens with zero attached hydrogens (tertiary/aromatic N) is 1. The van der Waals surface area contributed by atoms with Gasteiger partial charge < -0.3 is 5.73 Å². The van der Waals surface area contributed by atoms with Gasteiger partial charge in [0, 0.05) is 5.70 Å². The summed E-state index contributed by atoms with van der Waals surface area (Å²) in [5.41, 5.74) is 9.01. The number of nitrogens with two attached hydrogens (primary N) is 1. The van der Waals surface area contributed by atoms with Crippen LogP contribution in [-0.2, 0) is 0 Å². The highest BCUT2D eigenvalue weighted by molar-refractivity contribution is 5.49. The first kappa shape index (κ1) is 13.5. The smallest absolute Gasteiger partial charge is 0.101 e. The minimum Gasteiger partial charge on any atom is -0.401 e. The first-order valence-electron chi connectivity index (χ1n) is 5.21. The fourth-order valence-electron chi connectivity index (χ4n) is 1.63. The molecule has 0 aromatic rings. The van der Waals surface area contributed by atoms with Gasteiger partial charge in [0.2, 0.25) is 0 Å². The normalized spacial score (nSPS) is 14.1. The van der Waals surface area contributed by atoms with E-state index >= 15 is 0 Å². The van der Waals surface area contributed by atoms with Crippen molar-refractivity contribution in [2.24, 2.45) is 11.7 Å². The monoisotopic (exact) mass is 204 g/mol. The number of nitriles is 1. The highest BCUT2D eigenvalue weighted by Gasteiger charge is 2.12. The lowest BCUT2D eigenvalue weighted by Crippen LogP contribution is -2.04. The van der Waals surface area contributed by atoms with Gasteiger partial charge in [0.25, 0.3) is 0 Å². The van der Waals surface area contributed by atoms with E-state index in [-0.39, 0.29) is 0 Å². The van der Waals surface area contributed by atoms with Crippen LogP contribution in [0.2, 0.25) is 0 Å². The van der Waals surface area contributed by atoms with Gasteiger partial charge in [-0.25, -0.2) is 0 Å². The Kier molecular flexibility index (Phi) is 5.48. The number of rotatable bonds is 4. The van der Waals surface area contributed by atoms with E-state index in [1.807, 2.05) is 13.0 Å². The zero-order valence-corrected chi connectivity index (χ0v) is 10.1. The van der Waals surface area contributed by atoms with Crippen LogP contribution in [0.5, 0.6) is 0 Å². The third-order valence-electron chi connectivity index (χ3n) is 2.35. The molecular weight excluding hydrogens is 184 g/mol. The summed E-state index contributed by atoms with van der Waals surface area (Å²) in [7, 11) is 0. The summed E-state index contributed by atoms with van der Waals surface area (Å²) in [5.74, 6) is 0.361. The van der Waals surface area contributed by atoms with Crippen LogP contribution < -0.4 is 5.73 Å². The molecule has 82 valence electrons. The fourth-order valence-corrected chi connectivity index (χ4v) is 1.63. The van der Waals surface area contributed by atoms with Crippen LogP contribution in [0.4, 0.5) is 0 Å². The Bertz CT molecular complexity index is 334. The third kappa shape index (κ3) is 3.28. The molecule has 0 bridgehead atoms. The number of hydrogen-bond donors (Lipinski definition) is 1. The maximum absolute atomic E-state index is 9.07. The quantitative estimate of drug-likeness (QED) is 0.564. The lowest BCUT2D eigenvalue weighted by molar-refractivity contribution is 0.774.